The summed E-state index contributed by atoms with van der Waals surface area (Å²) in [5.74, 6) is 0.178. The van der Waals surface area contributed by atoms with E-state index in [1.807, 2.05) is 24.3 Å². The van der Waals surface area contributed by atoms with Crippen molar-refractivity contribution in [1.29, 1.82) is 0 Å². The van der Waals surface area contributed by atoms with Crippen molar-refractivity contribution in [3.8, 4) is 0 Å². The van der Waals surface area contributed by atoms with Gasteiger partial charge < -0.3 is 4.42 Å². The molecule has 88 valence electrons. The number of benzene rings is 1. The van der Waals surface area contributed by atoms with Gasteiger partial charge in [-0.2, -0.15) is 0 Å². The number of hydrogen-bond acceptors (Lipinski definition) is 3. The molecule has 0 aliphatic heterocycles. The molecular weight excluding hydrogens is 294 g/mol. The zero-order valence-corrected chi connectivity index (χ0v) is 10.8. The molecule has 1 aromatic carbocycles. The number of nitrogens with zero attached hydrogens (tertiary/aromatic N) is 1. The van der Waals surface area contributed by atoms with Crippen molar-refractivity contribution in [2.75, 3.05) is 0 Å². The highest BCUT2D eigenvalue weighted by molar-refractivity contribution is 9.10. The normalized spacial score (nSPS) is 10.7. The lowest BCUT2D eigenvalue weighted by atomic mass is 10.0. The van der Waals surface area contributed by atoms with Gasteiger partial charge in [0.2, 0.25) is 5.78 Å². The third-order valence-corrected chi connectivity index (χ3v) is 3.11. The van der Waals surface area contributed by atoms with Gasteiger partial charge in [0.1, 0.15) is 0 Å². The van der Waals surface area contributed by atoms with Gasteiger partial charge in [-0.15, -0.1) is 0 Å². The molecule has 0 atom stereocenters. The van der Waals surface area contributed by atoms with Crippen LogP contribution < -0.4 is 0 Å². The summed E-state index contributed by atoms with van der Waals surface area (Å²) < 4.78 is 5.84. The van der Waals surface area contributed by atoms with Crippen LogP contribution in [0.25, 0.3) is 10.9 Å². The lowest BCUT2D eigenvalue weighted by Gasteiger charge is -2.02. The summed E-state index contributed by atoms with van der Waals surface area (Å²) in [4.78, 5) is 16.6. The highest BCUT2D eigenvalue weighted by Gasteiger charge is 2.15. The van der Waals surface area contributed by atoms with Gasteiger partial charge in [0.05, 0.1) is 5.52 Å². The number of ketones is 1. The van der Waals surface area contributed by atoms with Crippen LogP contribution in [0.5, 0.6) is 0 Å². The maximum Gasteiger partial charge on any atom is 0.228 e. The molecule has 3 nitrogen and oxygen atoms in total. The van der Waals surface area contributed by atoms with Gasteiger partial charge in [0, 0.05) is 17.1 Å². The maximum absolute atomic E-state index is 12.3. The van der Waals surface area contributed by atoms with Crippen molar-refractivity contribution in [3.63, 3.8) is 0 Å². The third kappa shape index (κ3) is 1.84. The molecule has 0 spiro atoms. The summed E-state index contributed by atoms with van der Waals surface area (Å²) in [6.07, 6.45) is 1.71. The van der Waals surface area contributed by atoms with Crippen molar-refractivity contribution in [3.05, 3.63) is 64.7 Å². The smallest absolute Gasteiger partial charge is 0.228 e. The molecular formula is C14H8BrNO2. The maximum atomic E-state index is 12.3. The van der Waals surface area contributed by atoms with Crippen LogP contribution in [0.3, 0.4) is 0 Å². The number of hydrogen-bond donors (Lipinski definition) is 0. The van der Waals surface area contributed by atoms with Gasteiger partial charge >= 0.3 is 0 Å². The van der Waals surface area contributed by atoms with E-state index in [2.05, 4.69) is 20.9 Å². The van der Waals surface area contributed by atoms with Crippen molar-refractivity contribution in [2.45, 2.75) is 0 Å². The third-order valence-electron chi connectivity index (χ3n) is 2.69. The van der Waals surface area contributed by atoms with E-state index in [1.165, 1.54) is 0 Å². The zero-order valence-electron chi connectivity index (χ0n) is 9.26. The van der Waals surface area contributed by atoms with Gasteiger partial charge in [-0.05, 0) is 40.2 Å². The minimum Gasteiger partial charge on any atom is -0.446 e. The standard InChI is InChI=1S/C14H8BrNO2/c15-13-7-6-12(18-13)14(17)10-3-1-5-11-9(10)4-2-8-16-11/h1-8H. The SMILES string of the molecule is O=C(c1ccc(Br)o1)c1cccc2ncccc12. The van der Waals surface area contributed by atoms with E-state index in [0.717, 1.165) is 10.9 Å². The Morgan fingerprint density at radius 3 is 2.78 bits per heavy atom. The van der Waals surface area contributed by atoms with Gasteiger partial charge in [-0.25, -0.2) is 0 Å². The van der Waals surface area contributed by atoms with Gasteiger partial charge in [-0.3, -0.25) is 9.78 Å². The Morgan fingerprint density at radius 1 is 1.11 bits per heavy atom. The minimum atomic E-state index is -0.140. The number of carbonyl (C=O) groups excluding carboxylic acids is 1. The van der Waals surface area contributed by atoms with E-state index in [9.17, 15) is 4.79 Å². The number of aromatic nitrogens is 1. The molecule has 3 aromatic rings. The predicted molar refractivity (Wildman–Crippen MR) is 71.6 cm³/mol. The summed E-state index contributed by atoms with van der Waals surface area (Å²) >= 11 is 3.19. The Hall–Kier alpha value is -1.94. The molecule has 4 heteroatoms. The molecule has 0 aliphatic rings. The number of carbonyl (C=O) groups is 1. The second kappa shape index (κ2) is 4.38. The number of furan rings is 1. The molecule has 2 heterocycles. The largest absolute Gasteiger partial charge is 0.446 e. The van der Waals surface area contributed by atoms with Gasteiger partial charge in [0.25, 0.3) is 0 Å². The molecule has 0 radical (unpaired) electrons. The van der Waals surface area contributed by atoms with E-state index >= 15 is 0 Å². The Balaban J connectivity index is 2.17. The van der Waals surface area contributed by atoms with Gasteiger partial charge in [0.15, 0.2) is 10.4 Å². The molecule has 2 aromatic heterocycles. The summed E-state index contributed by atoms with van der Waals surface area (Å²) in [6.45, 7) is 0. The average molecular weight is 302 g/mol. The molecule has 0 N–H and O–H groups in total. The molecule has 0 fully saturated rings. The van der Waals surface area contributed by atoms with E-state index in [1.54, 1.807) is 24.4 Å². The van der Waals surface area contributed by atoms with E-state index in [0.29, 0.717) is 16.0 Å². The summed E-state index contributed by atoms with van der Waals surface area (Å²) in [6, 6.07) is 12.5. The van der Waals surface area contributed by atoms with Crippen molar-refractivity contribution < 1.29 is 9.21 Å². The van der Waals surface area contributed by atoms with Gasteiger partial charge in [-0.1, -0.05) is 18.2 Å². The van der Waals surface area contributed by atoms with Crippen LogP contribution in [0.4, 0.5) is 0 Å². The zero-order chi connectivity index (χ0) is 12.5. The second-order valence-electron chi connectivity index (χ2n) is 3.81. The first-order valence-electron chi connectivity index (χ1n) is 5.39. The van der Waals surface area contributed by atoms with Crippen LogP contribution in [0.15, 0.2) is 57.7 Å². The number of halogens is 1. The van der Waals surface area contributed by atoms with Crippen molar-refractivity contribution in [1.82, 2.24) is 4.98 Å². The monoisotopic (exact) mass is 301 g/mol. The summed E-state index contributed by atoms with van der Waals surface area (Å²) in [5, 5.41) is 0.831. The fourth-order valence-electron chi connectivity index (χ4n) is 1.87. The van der Waals surface area contributed by atoms with Crippen LogP contribution in [0.1, 0.15) is 16.1 Å². The van der Waals surface area contributed by atoms with Crippen LogP contribution in [0.2, 0.25) is 0 Å². The molecule has 0 bridgehead atoms. The summed E-state index contributed by atoms with van der Waals surface area (Å²) in [5.41, 5.74) is 1.40. The van der Waals surface area contributed by atoms with Crippen LogP contribution in [0, 0.1) is 0 Å². The lowest BCUT2D eigenvalue weighted by Crippen LogP contribution is -2.00. The minimum absolute atomic E-state index is 0.140. The van der Waals surface area contributed by atoms with E-state index in [4.69, 9.17) is 4.42 Å². The molecule has 0 amide bonds. The van der Waals surface area contributed by atoms with Crippen LogP contribution >= 0.6 is 15.9 Å². The predicted octanol–water partition coefficient (Wildman–Crippen LogP) is 3.82. The molecule has 0 aliphatic carbocycles. The average Bonchev–Trinajstić information content (AvgIpc) is 2.84. The summed E-state index contributed by atoms with van der Waals surface area (Å²) in [7, 11) is 0. The highest BCUT2D eigenvalue weighted by atomic mass is 79.9. The first-order chi connectivity index (χ1) is 8.75. The Bertz CT molecular complexity index is 728. The number of rotatable bonds is 2. The van der Waals surface area contributed by atoms with Crippen molar-refractivity contribution >= 4 is 32.6 Å². The Morgan fingerprint density at radius 2 is 2.00 bits per heavy atom. The number of fused-ring (bicyclic) bond motifs is 1. The second-order valence-corrected chi connectivity index (χ2v) is 4.59. The fourth-order valence-corrected chi connectivity index (χ4v) is 2.18. The number of pyridine rings is 1. The molecule has 3 rings (SSSR count). The molecule has 0 unspecified atom stereocenters. The molecule has 0 saturated carbocycles. The first kappa shape index (κ1) is 11.2. The highest BCUT2D eigenvalue weighted by Crippen LogP contribution is 2.22. The Kier molecular flexibility index (Phi) is 2.72. The fraction of sp³-hybridized carbons (Fsp3) is 0. The van der Waals surface area contributed by atoms with E-state index in [-0.39, 0.29) is 5.78 Å². The molecule has 18 heavy (non-hydrogen) atoms. The first-order valence-corrected chi connectivity index (χ1v) is 6.19. The van der Waals surface area contributed by atoms with Crippen LogP contribution in [-0.4, -0.2) is 10.8 Å². The topological polar surface area (TPSA) is 43.1 Å². The molecule has 0 saturated heterocycles. The quantitative estimate of drug-likeness (QED) is 0.676. The lowest BCUT2D eigenvalue weighted by molar-refractivity contribution is 0.101. The van der Waals surface area contributed by atoms with E-state index < -0.39 is 0 Å². The van der Waals surface area contributed by atoms with Crippen molar-refractivity contribution in [2.24, 2.45) is 0 Å². The van der Waals surface area contributed by atoms with Crippen LogP contribution in [-0.2, 0) is 0 Å². The Labute approximate surface area is 112 Å².